The molecule has 0 aliphatic rings. The van der Waals surface area contributed by atoms with E-state index in [1.807, 2.05) is 59.1 Å². The Bertz CT molecular complexity index is 1340. The van der Waals surface area contributed by atoms with Crippen molar-refractivity contribution in [2.24, 2.45) is 0 Å². The summed E-state index contributed by atoms with van der Waals surface area (Å²) in [4.78, 5) is 9.52. The SMILES string of the molecule is Cc1cccc(C)c1Nc1c(-c2ccccn2)nc2c(OCc3ccccc3)cccn12. The third kappa shape index (κ3) is 3.81. The Balaban J connectivity index is 1.62. The summed E-state index contributed by atoms with van der Waals surface area (Å²) in [5.74, 6) is 1.59. The van der Waals surface area contributed by atoms with E-state index in [1.165, 1.54) is 11.1 Å². The van der Waals surface area contributed by atoms with Crippen LogP contribution in [0.2, 0.25) is 0 Å². The molecule has 0 fully saturated rings. The zero-order chi connectivity index (χ0) is 21.9. The molecule has 0 unspecified atom stereocenters. The minimum absolute atomic E-state index is 0.478. The Kier molecular flexibility index (Phi) is 5.30. The van der Waals surface area contributed by atoms with Crippen LogP contribution < -0.4 is 10.1 Å². The van der Waals surface area contributed by atoms with Gasteiger partial charge in [0.05, 0.1) is 5.69 Å². The molecule has 0 saturated heterocycles. The van der Waals surface area contributed by atoms with Crippen molar-refractivity contribution in [3.8, 4) is 17.1 Å². The molecule has 0 atom stereocenters. The van der Waals surface area contributed by atoms with E-state index in [0.29, 0.717) is 6.61 Å². The molecule has 3 aromatic heterocycles. The highest BCUT2D eigenvalue weighted by atomic mass is 16.5. The summed E-state index contributed by atoms with van der Waals surface area (Å²) in [6.07, 6.45) is 3.79. The van der Waals surface area contributed by atoms with Gasteiger partial charge in [0.15, 0.2) is 11.4 Å². The summed E-state index contributed by atoms with van der Waals surface area (Å²) in [6.45, 7) is 4.69. The molecule has 1 N–H and O–H groups in total. The highest BCUT2D eigenvalue weighted by Crippen LogP contribution is 2.35. The summed E-state index contributed by atoms with van der Waals surface area (Å²) in [6, 6.07) is 26.2. The highest BCUT2D eigenvalue weighted by molar-refractivity contribution is 5.81. The molecule has 2 aromatic carbocycles. The van der Waals surface area contributed by atoms with Crippen molar-refractivity contribution in [1.82, 2.24) is 14.4 Å². The number of nitrogens with zero attached hydrogens (tertiary/aromatic N) is 3. The van der Waals surface area contributed by atoms with E-state index in [9.17, 15) is 0 Å². The number of anilines is 2. The lowest BCUT2D eigenvalue weighted by Gasteiger charge is -2.14. The van der Waals surface area contributed by atoms with Crippen molar-refractivity contribution in [1.29, 1.82) is 0 Å². The van der Waals surface area contributed by atoms with Crippen molar-refractivity contribution >= 4 is 17.2 Å². The molecular formula is C27H24N4O. The molecule has 32 heavy (non-hydrogen) atoms. The van der Waals surface area contributed by atoms with Gasteiger partial charge in [-0.3, -0.25) is 9.38 Å². The first kappa shape index (κ1) is 19.8. The van der Waals surface area contributed by atoms with Gasteiger partial charge in [0.2, 0.25) is 0 Å². The average molecular weight is 421 g/mol. The van der Waals surface area contributed by atoms with Gasteiger partial charge < -0.3 is 10.1 Å². The zero-order valence-corrected chi connectivity index (χ0v) is 18.1. The number of aromatic nitrogens is 3. The smallest absolute Gasteiger partial charge is 0.182 e. The van der Waals surface area contributed by atoms with Crippen LogP contribution in [0, 0.1) is 13.8 Å². The van der Waals surface area contributed by atoms with Crippen LogP contribution in [0.15, 0.2) is 91.3 Å². The fourth-order valence-electron chi connectivity index (χ4n) is 3.82. The minimum Gasteiger partial charge on any atom is -0.485 e. The van der Waals surface area contributed by atoms with Crippen molar-refractivity contribution in [2.75, 3.05) is 5.32 Å². The van der Waals surface area contributed by atoms with Crippen LogP contribution in [0.4, 0.5) is 11.5 Å². The molecule has 0 amide bonds. The average Bonchev–Trinajstić information content (AvgIpc) is 3.20. The summed E-state index contributed by atoms with van der Waals surface area (Å²) in [7, 11) is 0. The lowest BCUT2D eigenvalue weighted by Crippen LogP contribution is -2.02. The number of imidazole rings is 1. The number of fused-ring (bicyclic) bond motifs is 1. The largest absolute Gasteiger partial charge is 0.485 e. The molecule has 0 spiro atoms. The standard InChI is InChI=1S/C27H24N4O/c1-19-10-8-11-20(2)24(19)29-27-25(22-14-6-7-16-28-22)30-26-23(15-9-17-31(26)27)32-18-21-12-4-3-5-13-21/h3-17,29H,18H2,1-2H3. The number of aryl methyl sites for hydroxylation is 2. The lowest BCUT2D eigenvalue weighted by atomic mass is 10.1. The van der Waals surface area contributed by atoms with E-state index in [2.05, 4.69) is 54.5 Å². The molecule has 0 radical (unpaired) electrons. The Morgan fingerprint density at radius 3 is 2.38 bits per heavy atom. The molecule has 0 bridgehead atoms. The van der Waals surface area contributed by atoms with Gasteiger partial charge in [0.25, 0.3) is 0 Å². The maximum absolute atomic E-state index is 6.18. The Hall–Kier alpha value is -4.12. The molecule has 5 heteroatoms. The quantitative estimate of drug-likeness (QED) is 0.348. The summed E-state index contributed by atoms with van der Waals surface area (Å²) < 4.78 is 8.21. The number of benzene rings is 2. The van der Waals surface area contributed by atoms with E-state index >= 15 is 0 Å². The maximum Gasteiger partial charge on any atom is 0.182 e. The fourth-order valence-corrected chi connectivity index (χ4v) is 3.82. The third-order valence-corrected chi connectivity index (χ3v) is 5.48. The third-order valence-electron chi connectivity index (χ3n) is 5.48. The van der Waals surface area contributed by atoms with Gasteiger partial charge in [-0.25, -0.2) is 4.98 Å². The predicted octanol–water partition coefficient (Wildman–Crippen LogP) is 6.34. The second-order valence-electron chi connectivity index (χ2n) is 7.76. The van der Waals surface area contributed by atoms with Crippen LogP contribution in [0.1, 0.15) is 16.7 Å². The predicted molar refractivity (Wildman–Crippen MR) is 128 cm³/mol. The first-order valence-corrected chi connectivity index (χ1v) is 10.6. The van der Waals surface area contributed by atoms with Crippen LogP contribution in [-0.4, -0.2) is 14.4 Å². The number of nitrogens with one attached hydrogen (secondary N) is 1. The van der Waals surface area contributed by atoms with E-state index in [-0.39, 0.29) is 0 Å². The second-order valence-corrected chi connectivity index (χ2v) is 7.76. The summed E-state index contributed by atoms with van der Waals surface area (Å²) in [5, 5.41) is 3.64. The number of rotatable bonds is 6. The molecule has 0 aliphatic carbocycles. The topological polar surface area (TPSA) is 51.5 Å². The summed E-state index contributed by atoms with van der Waals surface area (Å²) >= 11 is 0. The van der Waals surface area contributed by atoms with E-state index in [4.69, 9.17) is 9.72 Å². The molecule has 0 saturated carbocycles. The number of hydrogen-bond donors (Lipinski definition) is 1. The van der Waals surface area contributed by atoms with Crippen molar-refractivity contribution in [3.05, 3.63) is 108 Å². The van der Waals surface area contributed by atoms with Gasteiger partial charge in [-0.05, 0) is 54.8 Å². The van der Waals surface area contributed by atoms with Crippen molar-refractivity contribution in [3.63, 3.8) is 0 Å². The number of para-hydroxylation sites is 1. The van der Waals surface area contributed by atoms with Crippen LogP contribution in [0.25, 0.3) is 17.0 Å². The monoisotopic (exact) mass is 420 g/mol. The first-order valence-electron chi connectivity index (χ1n) is 10.6. The van der Waals surface area contributed by atoms with E-state index < -0.39 is 0 Å². The highest BCUT2D eigenvalue weighted by Gasteiger charge is 2.19. The number of pyridine rings is 2. The molecule has 3 heterocycles. The lowest BCUT2D eigenvalue weighted by molar-refractivity contribution is 0.308. The maximum atomic E-state index is 6.18. The Labute approximate surface area is 187 Å². The van der Waals surface area contributed by atoms with Crippen molar-refractivity contribution in [2.45, 2.75) is 20.5 Å². The molecular weight excluding hydrogens is 396 g/mol. The van der Waals surface area contributed by atoms with Gasteiger partial charge in [0, 0.05) is 18.1 Å². The Morgan fingerprint density at radius 2 is 1.62 bits per heavy atom. The normalized spacial score (nSPS) is 10.9. The Morgan fingerprint density at radius 1 is 0.844 bits per heavy atom. The van der Waals surface area contributed by atoms with Crippen molar-refractivity contribution < 1.29 is 4.74 Å². The minimum atomic E-state index is 0.478. The molecule has 5 aromatic rings. The number of hydrogen-bond acceptors (Lipinski definition) is 4. The summed E-state index contributed by atoms with van der Waals surface area (Å²) in [5.41, 5.74) is 6.86. The molecule has 5 rings (SSSR count). The van der Waals surface area contributed by atoms with Crippen LogP contribution in [0.3, 0.4) is 0 Å². The van der Waals surface area contributed by atoms with E-state index in [1.54, 1.807) is 6.20 Å². The fraction of sp³-hybridized carbons (Fsp3) is 0.111. The molecule has 5 nitrogen and oxygen atoms in total. The molecule has 158 valence electrons. The van der Waals surface area contributed by atoms with Crippen LogP contribution >= 0.6 is 0 Å². The van der Waals surface area contributed by atoms with Crippen LogP contribution in [0.5, 0.6) is 5.75 Å². The van der Waals surface area contributed by atoms with Gasteiger partial charge in [0.1, 0.15) is 18.1 Å². The van der Waals surface area contributed by atoms with Gasteiger partial charge in [-0.15, -0.1) is 0 Å². The zero-order valence-electron chi connectivity index (χ0n) is 18.1. The van der Waals surface area contributed by atoms with Crippen LogP contribution in [-0.2, 0) is 6.61 Å². The molecule has 0 aliphatic heterocycles. The van der Waals surface area contributed by atoms with Gasteiger partial charge in [-0.1, -0.05) is 54.6 Å². The first-order chi connectivity index (χ1) is 15.7. The van der Waals surface area contributed by atoms with Gasteiger partial charge in [-0.2, -0.15) is 0 Å². The van der Waals surface area contributed by atoms with E-state index in [0.717, 1.165) is 39.9 Å². The van der Waals surface area contributed by atoms with Gasteiger partial charge >= 0.3 is 0 Å². The second kappa shape index (κ2) is 8.55. The number of ether oxygens (including phenoxy) is 1.